The fraction of sp³-hybridized carbons (Fsp3) is 0.250. The van der Waals surface area contributed by atoms with Gasteiger partial charge in [-0.25, -0.2) is 4.98 Å². The van der Waals surface area contributed by atoms with Crippen molar-refractivity contribution in [3.8, 4) is 28.4 Å². The van der Waals surface area contributed by atoms with Crippen molar-refractivity contribution in [1.82, 2.24) is 9.55 Å². The van der Waals surface area contributed by atoms with Gasteiger partial charge in [-0.2, -0.15) is 6.07 Å². The molecule has 0 N–H and O–H groups in total. The maximum Gasteiger partial charge on any atom is 0.135 e. The SMILES string of the molecule is CC(C)(C)c1cc(Oc2[c-]c3c(cc2)c2cc(-c4ccccc4)ccc2n3-c2cc(C(C)(C)C)ccn2)[c-]c(N2[CH-]N(c3cc(C(C)(C)C)cc(C(C)(C)c4ccccc4)c3)c3ccc(C(C)(C)c4ccccc4)cc32)c1.[Pt]. The number of fused-ring (bicyclic) bond motifs is 4. The summed E-state index contributed by atoms with van der Waals surface area (Å²) < 4.78 is 9.30. The molecule has 1 aliphatic heterocycles. The van der Waals surface area contributed by atoms with E-state index in [0.29, 0.717) is 11.5 Å². The summed E-state index contributed by atoms with van der Waals surface area (Å²) in [6, 6.07) is 73.7. The molecule has 10 aromatic rings. The first kappa shape index (κ1) is 54.2. The van der Waals surface area contributed by atoms with Crippen LogP contribution in [0.1, 0.15) is 129 Å². The van der Waals surface area contributed by atoms with E-state index < -0.39 is 0 Å². The Balaban J connectivity index is 0.00000688. The standard InChI is InChI=1S/C72H71N4O.Pt/c1-68(2,3)52-35-36-73-67(44-52)76-63-33-29-49(48-23-17-14-18-24-48)37-62(63)61-32-31-59(46-65(61)76)77-60-42-55(70(7,8)9)40-58(45-60)75-47-74(64-34-30-53(43-66(64)75)71(10,11)50-25-19-15-20-26-50)57-39-54(69(4,5)6)38-56(41-57)72(12,13)51-27-21-16-22-28-51;/h14-44,47H,1-13H3;/q-3;. The molecule has 0 unspecified atom stereocenters. The molecular weight excluding hydrogens is 1130 g/mol. The van der Waals surface area contributed by atoms with E-state index in [1.165, 1.54) is 38.9 Å². The minimum atomic E-state index is -0.275. The molecule has 0 aliphatic carbocycles. The second-order valence-electron chi connectivity index (χ2n) is 25.2. The molecule has 8 aromatic carbocycles. The molecule has 0 radical (unpaired) electrons. The Labute approximate surface area is 478 Å². The second kappa shape index (κ2) is 20.2. The van der Waals surface area contributed by atoms with Gasteiger partial charge in [-0.05, 0) is 109 Å². The molecule has 5 nitrogen and oxygen atoms in total. The molecular formula is C72H71N4OPt-3. The number of rotatable bonds is 10. The first-order chi connectivity index (χ1) is 36.5. The number of aromatic nitrogens is 2. The van der Waals surface area contributed by atoms with E-state index >= 15 is 0 Å². The zero-order chi connectivity index (χ0) is 54.2. The van der Waals surface area contributed by atoms with E-state index in [-0.39, 0.29) is 48.1 Å². The van der Waals surface area contributed by atoms with Crippen molar-refractivity contribution in [2.45, 2.75) is 117 Å². The maximum atomic E-state index is 7.07. The topological polar surface area (TPSA) is 33.5 Å². The Morgan fingerprint density at radius 2 is 1.03 bits per heavy atom. The fourth-order valence-corrected chi connectivity index (χ4v) is 10.8. The normalized spacial score (nSPS) is 13.2. The van der Waals surface area contributed by atoms with Crippen LogP contribution in [0.25, 0.3) is 38.8 Å². The molecule has 78 heavy (non-hydrogen) atoms. The van der Waals surface area contributed by atoms with Crippen LogP contribution in [-0.4, -0.2) is 9.55 Å². The molecule has 0 bridgehead atoms. The van der Waals surface area contributed by atoms with Crippen LogP contribution in [-0.2, 0) is 48.1 Å². The molecule has 2 aromatic heterocycles. The van der Waals surface area contributed by atoms with Gasteiger partial charge in [0.25, 0.3) is 0 Å². The monoisotopic (exact) mass is 1200 g/mol. The molecule has 3 heterocycles. The largest absolute Gasteiger partial charge is 0.509 e. The van der Waals surface area contributed by atoms with Gasteiger partial charge in [0.15, 0.2) is 0 Å². The van der Waals surface area contributed by atoms with Crippen molar-refractivity contribution in [2.75, 3.05) is 9.80 Å². The number of nitrogens with zero attached hydrogens (tertiary/aromatic N) is 4. The Kier molecular flexibility index (Phi) is 14.0. The molecule has 0 fully saturated rings. The van der Waals surface area contributed by atoms with Gasteiger partial charge in [0.05, 0.1) is 0 Å². The van der Waals surface area contributed by atoms with E-state index in [9.17, 15) is 0 Å². The van der Waals surface area contributed by atoms with E-state index in [1.807, 2.05) is 12.3 Å². The summed E-state index contributed by atoms with van der Waals surface area (Å²) in [6.07, 6.45) is 1.92. The smallest absolute Gasteiger partial charge is 0.135 e. The predicted octanol–water partition coefficient (Wildman–Crippen LogP) is 19.2. The summed E-state index contributed by atoms with van der Waals surface area (Å²) in [4.78, 5) is 9.69. The van der Waals surface area contributed by atoms with Crippen LogP contribution in [0.15, 0.2) is 188 Å². The van der Waals surface area contributed by atoms with Crippen LogP contribution in [0.3, 0.4) is 0 Å². The number of pyridine rings is 1. The molecule has 0 saturated carbocycles. The minimum Gasteiger partial charge on any atom is -0.509 e. The minimum absolute atomic E-state index is 0. The van der Waals surface area contributed by atoms with Crippen molar-refractivity contribution < 1.29 is 25.8 Å². The van der Waals surface area contributed by atoms with E-state index in [0.717, 1.165) is 61.5 Å². The van der Waals surface area contributed by atoms with Crippen molar-refractivity contribution in [3.63, 3.8) is 0 Å². The molecule has 11 rings (SSSR count). The summed E-state index contributed by atoms with van der Waals surface area (Å²) in [5.41, 5.74) is 16.2. The molecule has 0 amide bonds. The second-order valence-corrected chi connectivity index (χ2v) is 25.2. The third kappa shape index (κ3) is 10.2. The van der Waals surface area contributed by atoms with Gasteiger partial charge in [0.2, 0.25) is 0 Å². The third-order valence-electron chi connectivity index (χ3n) is 16.0. The van der Waals surface area contributed by atoms with Gasteiger partial charge in [-0.1, -0.05) is 211 Å². The van der Waals surface area contributed by atoms with Gasteiger partial charge in [0.1, 0.15) is 5.82 Å². The van der Waals surface area contributed by atoms with Crippen LogP contribution in [0.5, 0.6) is 11.5 Å². The molecule has 1 aliphatic rings. The average molecular weight is 1200 g/mol. The first-order valence-electron chi connectivity index (χ1n) is 27.2. The number of ether oxygens (including phenoxy) is 1. The summed E-state index contributed by atoms with van der Waals surface area (Å²) >= 11 is 0. The molecule has 0 spiro atoms. The summed E-state index contributed by atoms with van der Waals surface area (Å²) in [5.74, 6) is 2.05. The number of hydrogen-bond donors (Lipinski definition) is 0. The first-order valence-corrected chi connectivity index (χ1v) is 27.2. The van der Waals surface area contributed by atoms with E-state index in [2.05, 4.69) is 299 Å². The third-order valence-corrected chi connectivity index (χ3v) is 16.0. The number of anilines is 4. The van der Waals surface area contributed by atoms with Crippen LogP contribution >= 0.6 is 0 Å². The van der Waals surface area contributed by atoms with Gasteiger partial charge < -0.3 is 19.1 Å². The molecule has 0 saturated heterocycles. The van der Waals surface area contributed by atoms with E-state index in [1.54, 1.807) is 0 Å². The van der Waals surface area contributed by atoms with Crippen molar-refractivity contribution in [2.24, 2.45) is 0 Å². The fourth-order valence-electron chi connectivity index (χ4n) is 10.8. The van der Waals surface area contributed by atoms with Gasteiger partial charge in [-0.3, -0.25) is 0 Å². The van der Waals surface area contributed by atoms with Gasteiger partial charge >= 0.3 is 0 Å². The molecule has 0 atom stereocenters. The summed E-state index contributed by atoms with van der Waals surface area (Å²) in [5, 5.41) is 2.20. The Morgan fingerprint density at radius 3 is 1.67 bits per heavy atom. The van der Waals surface area contributed by atoms with Crippen LogP contribution < -0.4 is 14.5 Å². The zero-order valence-electron chi connectivity index (χ0n) is 47.5. The predicted molar refractivity (Wildman–Crippen MR) is 323 cm³/mol. The van der Waals surface area contributed by atoms with Crippen molar-refractivity contribution in [1.29, 1.82) is 0 Å². The molecule has 398 valence electrons. The number of benzene rings is 8. The van der Waals surface area contributed by atoms with Gasteiger partial charge in [-0.15, -0.1) is 53.6 Å². The summed E-state index contributed by atoms with van der Waals surface area (Å²) in [6.45, 7) is 32.0. The van der Waals surface area contributed by atoms with Crippen molar-refractivity contribution in [3.05, 3.63) is 246 Å². The van der Waals surface area contributed by atoms with Crippen molar-refractivity contribution >= 4 is 44.6 Å². The quantitative estimate of drug-likeness (QED) is 0.128. The van der Waals surface area contributed by atoms with Crippen LogP contribution in [0.2, 0.25) is 0 Å². The van der Waals surface area contributed by atoms with Crippen LogP contribution in [0, 0.1) is 18.8 Å². The average Bonchev–Trinajstić information content (AvgIpc) is 4.19. The number of hydrogen-bond acceptors (Lipinski definition) is 4. The van der Waals surface area contributed by atoms with E-state index in [4.69, 9.17) is 9.72 Å². The maximum absolute atomic E-state index is 7.07. The Hall–Kier alpha value is -7.20. The summed E-state index contributed by atoms with van der Waals surface area (Å²) in [7, 11) is 0. The van der Waals surface area contributed by atoms with Gasteiger partial charge in [0, 0.05) is 72.2 Å². The zero-order valence-corrected chi connectivity index (χ0v) is 49.8. The Morgan fingerprint density at radius 1 is 0.423 bits per heavy atom. The van der Waals surface area contributed by atoms with Crippen LogP contribution in [0.4, 0.5) is 22.7 Å². The molecule has 6 heteroatoms. The Bertz CT molecular complexity index is 3820.